The Morgan fingerprint density at radius 2 is 1.78 bits per heavy atom. The van der Waals surface area contributed by atoms with Crippen molar-refractivity contribution in [1.29, 1.82) is 0 Å². The van der Waals surface area contributed by atoms with Crippen molar-refractivity contribution in [3.63, 3.8) is 0 Å². The van der Waals surface area contributed by atoms with E-state index in [0.29, 0.717) is 6.54 Å². The van der Waals surface area contributed by atoms with Gasteiger partial charge in [0.05, 0.1) is 6.54 Å². The molecule has 18 heavy (non-hydrogen) atoms. The summed E-state index contributed by atoms with van der Waals surface area (Å²) in [6.07, 6.45) is 0. The number of benzene rings is 2. The summed E-state index contributed by atoms with van der Waals surface area (Å²) < 4.78 is 5.70. The maximum atomic E-state index is 9.19. The molecule has 3 nitrogen and oxygen atoms in total. The molecule has 2 aromatic carbocycles. The number of anilines is 1. The molecule has 0 aliphatic carbocycles. The second kappa shape index (κ2) is 4.45. The molecule has 0 atom stereocenters. The van der Waals surface area contributed by atoms with Crippen LogP contribution in [-0.2, 0) is 6.54 Å². The molecule has 0 fully saturated rings. The lowest BCUT2D eigenvalue weighted by Gasteiger charge is -2.03. The third kappa shape index (κ3) is 2.15. The second-order valence-electron chi connectivity index (χ2n) is 4.15. The highest BCUT2D eigenvalue weighted by atomic mass is 16.3. The van der Waals surface area contributed by atoms with E-state index in [2.05, 4.69) is 5.32 Å². The summed E-state index contributed by atoms with van der Waals surface area (Å²) in [6.45, 7) is 0.624. The monoisotopic (exact) mass is 239 g/mol. The van der Waals surface area contributed by atoms with Gasteiger partial charge in [0, 0.05) is 11.1 Å². The highest BCUT2D eigenvalue weighted by molar-refractivity contribution is 5.77. The smallest absolute Gasteiger partial charge is 0.134 e. The minimum Gasteiger partial charge on any atom is -0.508 e. The summed E-state index contributed by atoms with van der Waals surface area (Å²) in [6, 6.07) is 16.9. The van der Waals surface area contributed by atoms with Crippen LogP contribution in [0.5, 0.6) is 5.75 Å². The van der Waals surface area contributed by atoms with Crippen molar-refractivity contribution in [2.24, 2.45) is 0 Å². The Morgan fingerprint density at radius 3 is 2.56 bits per heavy atom. The molecule has 3 rings (SSSR count). The predicted octanol–water partition coefficient (Wildman–Crippen LogP) is 3.75. The summed E-state index contributed by atoms with van der Waals surface area (Å²) in [5.74, 6) is 1.16. The molecule has 1 heterocycles. The highest BCUT2D eigenvalue weighted by Crippen LogP contribution is 2.20. The van der Waals surface area contributed by atoms with E-state index in [4.69, 9.17) is 4.42 Å². The van der Waals surface area contributed by atoms with Crippen molar-refractivity contribution in [2.75, 3.05) is 5.32 Å². The van der Waals surface area contributed by atoms with Crippen LogP contribution in [-0.4, -0.2) is 5.11 Å². The summed E-state index contributed by atoms with van der Waals surface area (Å²) in [5, 5.41) is 13.5. The Kier molecular flexibility index (Phi) is 2.65. The first-order valence-corrected chi connectivity index (χ1v) is 5.82. The zero-order valence-corrected chi connectivity index (χ0v) is 9.76. The number of nitrogens with one attached hydrogen (secondary N) is 1. The Hall–Kier alpha value is -2.42. The second-order valence-corrected chi connectivity index (χ2v) is 4.15. The molecular weight excluding hydrogens is 226 g/mol. The fourth-order valence-corrected chi connectivity index (χ4v) is 1.89. The summed E-state index contributed by atoms with van der Waals surface area (Å²) in [5.41, 5.74) is 1.85. The normalized spacial score (nSPS) is 10.7. The zero-order valence-electron chi connectivity index (χ0n) is 9.76. The van der Waals surface area contributed by atoms with Crippen LogP contribution < -0.4 is 5.32 Å². The molecule has 0 radical (unpaired) electrons. The van der Waals surface area contributed by atoms with E-state index in [1.165, 1.54) is 0 Å². The summed E-state index contributed by atoms with van der Waals surface area (Å²) in [7, 11) is 0. The van der Waals surface area contributed by atoms with Crippen LogP contribution in [0.15, 0.2) is 59.0 Å². The van der Waals surface area contributed by atoms with Crippen molar-refractivity contribution >= 4 is 16.7 Å². The van der Waals surface area contributed by atoms with Gasteiger partial charge in [-0.25, -0.2) is 0 Å². The van der Waals surface area contributed by atoms with Gasteiger partial charge in [-0.15, -0.1) is 0 Å². The number of hydrogen-bond acceptors (Lipinski definition) is 3. The van der Waals surface area contributed by atoms with Crippen molar-refractivity contribution in [3.05, 3.63) is 60.4 Å². The molecule has 0 unspecified atom stereocenters. The Morgan fingerprint density at radius 1 is 1.00 bits per heavy atom. The number of aromatic hydroxyl groups is 1. The average Bonchev–Trinajstić information content (AvgIpc) is 2.81. The maximum absolute atomic E-state index is 9.19. The van der Waals surface area contributed by atoms with Gasteiger partial charge < -0.3 is 14.8 Å². The lowest BCUT2D eigenvalue weighted by atomic mass is 10.2. The van der Waals surface area contributed by atoms with Gasteiger partial charge in [0.2, 0.25) is 0 Å². The molecule has 90 valence electrons. The van der Waals surface area contributed by atoms with Crippen LogP contribution in [0.3, 0.4) is 0 Å². The predicted molar refractivity (Wildman–Crippen MR) is 71.6 cm³/mol. The summed E-state index contributed by atoms with van der Waals surface area (Å²) in [4.78, 5) is 0. The average molecular weight is 239 g/mol. The van der Waals surface area contributed by atoms with Crippen molar-refractivity contribution in [2.45, 2.75) is 6.54 Å². The lowest BCUT2D eigenvalue weighted by Crippen LogP contribution is -1.97. The summed E-state index contributed by atoms with van der Waals surface area (Å²) >= 11 is 0. The van der Waals surface area contributed by atoms with Gasteiger partial charge in [-0.1, -0.05) is 18.2 Å². The number of phenolic OH excluding ortho intramolecular Hbond substituents is 1. The molecule has 3 heteroatoms. The molecule has 0 aliphatic heterocycles. The Bertz CT molecular complexity index is 623. The Balaban J connectivity index is 1.74. The first-order valence-electron chi connectivity index (χ1n) is 5.82. The first-order chi connectivity index (χ1) is 8.81. The number of fused-ring (bicyclic) bond motifs is 1. The molecular formula is C15H13NO2. The number of phenols is 1. The molecule has 1 aromatic heterocycles. The van der Waals surface area contributed by atoms with E-state index in [1.807, 2.05) is 42.5 Å². The lowest BCUT2D eigenvalue weighted by molar-refractivity contribution is 0.475. The van der Waals surface area contributed by atoms with E-state index < -0.39 is 0 Å². The fourth-order valence-electron chi connectivity index (χ4n) is 1.89. The van der Waals surface area contributed by atoms with E-state index >= 15 is 0 Å². The van der Waals surface area contributed by atoms with Crippen LogP contribution in [0.25, 0.3) is 11.0 Å². The number of para-hydroxylation sites is 1. The van der Waals surface area contributed by atoms with Gasteiger partial charge in [0.15, 0.2) is 0 Å². The minimum absolute atomic E-state index is 0.268. The third-order valence-corrected chi connectivity index (χ3v) is 2.81. The van der Waals surface area contributed by atoms with Crippen molar-refractivity contribution < 1.29 is 9.52 Å². The largest absolute Gasteiger partial charge is 0.508 e. The SMILES string of the molecule is Oc1ccc(NCc2cc3ccccc3o2)cc1. The van der Waals surface area contributed by atoms with E-state index in [-0.39, 0.29) is 5.75 Å². The maximum Gasteiger partial charge on any atom is 0.134 e. The Labute approximate surface area is 105 Å². The molecule has 2 N–H and O–H groups in total. The molecule has 0 aliphatic rings. The molecule has 0 bridgehead atoms. The van der Waals surface area contributed by atoms with Gasteiger partial charge in [-0.3, -0.25) is 0 Å². The van der Waals surface area contributed by atoms with Crippen molar-refractivity contribution in [3.8, 4) is 5.75 Å². The quantitative estimate of drug-likeness (QED) is 0.684. The van der Waals surface area contributed by atoms with E-state index in [9.17, 15) is 5.11 Å². The minimum atomic E-state index is 0.268. The number of rotatable bonds is 3. The van der Waals surface area contributed by atoms with Crippen LogP contribution in [0.1, 0.15) is 5.76 Å². The molecule has 0 amide bonds. The van der Waals surface area contributed by atoms with Gasteiger partial charge in [0.1, 0.15) is 17.1 Å². The van der Waals surface area contributed by atoms with Gasteiger partial charge in [-0.05, 0) is 36.4 Å². The van der Waals surface area contributed by atoms with Crippen LogP contribution >= 0.6 is 0 Å². The third-order valence-electron chi connectivity index (χ3n) is 2.81. The van der Waals surface area contributed by atoms with Crippen molar-refractivity contribution in [1.82, 2.24) is 0 Å². The standard InChI is InChI=1S/C15H13NO2/c17-13-7-5-12(6-8-13)16-10-14-9-11-3-1-2-4-15(11)18-14/h1-9,16-17H,10H2. The zero-order chi connectivity index (χ0) is 12.4. The molecule has 0 saturated heterocycles. The van der Waals surface area contributed by atoms with E-state index in [0.717, 1.165) is 22.4 Å². The van der Waals surface area contributed by atoms with E-state index in [1.54, 1.807) is 12.1 Å². The topological polar surface area (TPSA) is 45.4 Å². The van der Waals surface area contributed by atoms with Gasteiger partial charge in [0.25, 0.3) is 0 Å². The number of furan rings is 1. The van der Waals surface area contributed by atoms with Gasteiger partial charge >= 0.3 is 0 Å². The highest BCUT2D eigenvalue weighted by Gasteiger charge is 2.02. The van der Waals surface area contributed by atoms with Gasteiger partial charge in [-0.2, -0.15) is 0 Å². The fraction of sp³-hybridized carbons (Fsp3) is 0.0667. The number of hydrogen-bond donors (Lipinski definition) is 2. The molecule has 0 saturated carbocycles. The molecule has 3 aromatic rings. The molecule has 0 spiro atoms. The van der Waals surface area contributed by atoms with Crippen LogP contribution in [0, 0.1) is 0 Å². The van der Waals surface area contributed by atoms with Crippen LogP contribution in [0.2, 0.25) is 0 Å². The first kappa shape index (κ1) is 10.7. The van der Waals surface area contributed by atoms with Crippen LogP contribution in [0.4, 0.5) is 5.69 Å².